The van der Waals surface area contributed by atoms with Crippen molar-refractivity contribution >= 4 is 29.2 Å². The molecule has 1 amide bonds. The molecule has 10 nitrogen and oxygen atoms in total. The Hall–Kier alpha value is -4.73. The molecule has 186 valence electrons. The van der Waals surface area contributed by atoms with Crippen LogP contribution < -0.4 is 10.1 Å². The third-order valence-electron chi connectivity index (χ3n) is 5.05. The van der Waals surface area contributed by atoms with Crippen molar-refractivity contribution in [1.29, 1.82) is 0 Å². The first-order valence-corrected chi connectivity index (χ1v) is 10.9. The molecule has 0 heterocycles. The van der Waals surface area contributed by atoms with Gasteiger partial charge in [0, 0.05) is 17.7 Å². The van der Waals surface area contributed by atoms with Crippen molar-refractivity contribution in [2.24, 2.45) is 0 Å². The second-order valence-corrected chi connectivity index (χ2v) is 7.64. The lowest BCUT2D eigenvalue weighted by atomic mass is 10.1. The quantitative estimate of drug-likeness (QED) is 0.260. The summed E-state index contributed by atoms with van der Waals surface area (Å²) in [5.41, 5.74) is 0.628. The van der Waals surface area contributed by atoms with Gasteiger partial charge in [0.1, 0.15) is 5.75 Å². The summed E-state index contributed by atoms with van der Waals surface area (Å²) in [5.74, 6) is -2.14. The van der Waals surface area contributed by atoms with Crippen LogP contribution in [0.4, 0.5) is 11.4 Å². The number of carbonyl (C=O) groups is 3. The van der Waals surface area contributed by atoms with Gasteiger partial charge < -0.3 is 19.5 Å². The fraction of sp³-hybridized carbons (Fsp3) is 0.192. The number of rotatable bonds is 9. The Kier molecular flexibility index (Phi) is 8.35. The maximum absolute atomic E-state index is 13.3. The molecule has 1 atom stereocenters. The average Bonchev–Trinajstić information content (AvgIpc) is 2.87. The van der Waals surface area contributed by atoms with E-state index in [0.717, 1.165) is 23.8 Å². The zero-order valence-electron chi connectivity index (χ0n) is 19.8. The monoisotopic (exact) mass is 492 g/mol. The predicted molar refractivity (Wildman–Crippen MR) is 130 cm³/mol. The molecule has 1 N–H and O–H groups in total. The molecule has 0 spiro atoms. The number of aryl methyl sites for hydroxylation is 1. The molecule has 36 heavy (non-hydrogen) atoms. The van der Waals surface area contributed by atoms with E-state index >= 15 is 0 Å². The Morgan fingerprint density at radius 3 is 2.25 bits per heavy atom. The van der Waals surface area contributed by atoms with Crippen LogP contribution in [0.1, 0.15) is 44.9 Å². The molecule has 1 unspecified atom stereocenters. The highest BCUT2D eigenvalue weighted by Crippen LogP contribution is 2.29. The van der Waals surface area contributed by atoms with Gasteiger partial charge in [0.15, 0.2) is 0 Å². The first-order valence-electron chi connectivity index (χ1n) is 10.9. The molecule has 0 saturated heterocycles. The minimum atomic E-state index is -1.41. The summed E-state index contributed by atoms with van der Waals surface area (Å²) in [4.78, 5) is 49.1. The fourth-order valence-electron chi connectivity index (χ4n) is 3.36. The zero-order chi connectivity index (χ0) is 26.2. The van der Waals surface area contributed by atoms with Gasteiger partial charge in [-0.05, 0) is 37.6 Å². The van der Waals surface area contributed by atoms with E-state index in [-0.39, 0.29) is 17.7 Å². The number of anilines is 1. The van der Waals surface area contributed by atoms with Crippen LogP contribution >= 0.6 is 0 Å². The van der Waals surface area contributed by atoms with Crippen LogP contribution in [0.3, 0.4) is 0 Å². The first-order chi connectivity index (χ1) is 17.2. The zero-order valence-corrected chi connectivity index (χ0v) is 19.8. The molecule has 0 fully saturated rings. The van der Waals surface area contributed by atoms with Crippen LogP contribution in [-0.2, 0) is 14.3 Å². The number of nitro groups is 1. The molecule has 3 aromatic rings. The van der Waals surface area contributed by atoms with Crippen molar-refractivity contribution in [3.8, 4) is 5.75 Å². The minimum Gasteiger partial charge on any atom is -0.495 e. The Labute approximate surface area is 206 Å². The number of non-ortho nitro benzene ring substituents is 1. The molecule has 3 aromatic carbocycles. The SMILES string of the molecule is CCOC(=O)c1cc(C(=O)OC(C(=O)Nc2cc(C)ccc2OC)c2ccccc2)cc([N+](=O)[O-])c1. The Morgan fingerprint density at radius 1 is 0.972 bits per heavy atom. The highest BCUT2D eigenvalue weighted by Gasteiger charge is 2.28. The van der Waals surface area contributed by atoms with Gasteiger partial charge in [-0.3, -0.25) is 14.9 Å². The van der Waals surface area contributed by atoms with Gasteiger partial charge in [0.05, 0.1) is 35.5 Å². The van der Waals surface area contributed by atoms with Gasteiger partial charge in [-0.25, -0.2) is 9.59 Å². The van der Waals surface area contributed by atoms with Crippen molar-refractivity contribution in [3.05, 3.63) is 99.1 Å². The number of ether oxygens (including phenoxy) is 3. The number of carbonyl (C=O) groups excluding carboxylic acids is 3. The molecule has 3 rings (SSSR count). The summed E-state index contributed by atoms with van der Waals surface area (Å²) in [6.45, 7) is 3.46. The maximum atomic E-state index is 13.3. The fourth-order valence-corrected chi connectivity index (χ4v) is 3.36. The van der Waals surface area contributed by atoms with Crippen molar-refractivity contribution < 1.29 is 33.5 Å². The van der Waals surface area contributed by atoms with Crippen LogP contribution in [-0.4, -0.2) is 36.5 Å². The van der Waals surface area contributed by atoms with Crippen molar-refractivity contribution in [2.45, 2.75) is 20.0 Å². The molecule has 10 heteroatoms. The van der Waals surface area contributed by atoms with Gasteiger partial charge in [-0.2, -0.15) is 0 Å². The van der Waals surface area contributed by atoms with E-state index in [9.17, 15) is 24.5 Å². The molecule has 0 bridgehead atoms. The summed E-state index contributed by atoms with van der Waals surface area (Å²) in [7, 11) is 1.46. The molecule has 0 aliphatic rings. The van der Waals surface area contributed by atoms with E-state index in [1.807, 2.05) is 13.0 Å². The van der Waals surface area contributed by atoms with E-state index in [1.165, 1.54) is 7.11 Å². The van der Waals surface area contributed by atoms with Crippen LogP contribution in [0.25, 0.3) is 0 Å². The lowest BCUT2D eigenvalue weighted by molar-refractivity contribution is -0.384. The van der Waals surface area contributed by atoms with E-state index < -0.39 is 34.6 Å². The number of methoxy groups -OCH3 is 1. The second kappa shape index (κ2) is 11.6. The van der Waals surface area contributed by atoms with E-state index in [4.69, 9.17) is 14.2 Å². The third-order valence-corrected chi connectivity index (χ3v) is 5.05. The summed E-state index contributed by atoms with van der Waals surface area (Å²) in [6.07, 6.45) is -1.41. The van der Waals surface area contributed by atoms with Crippen molar-refractivity contribution in [3.63, 3.8) is 0 Å². The summed E-state index contributed by atoms with van der Waals surface area (Å²) < 4.78 is 15.7. The van der Waals surface area contributed by atoms with E-state index in [1.54, 1.807) is 49.4 Å². The summed E-state index contributed by atoms with van der Waals surface area (Å²) >= 11 is 0. The number of nitrogens with one attached hydrogen (secondary N) is 1. The molecule has 0 aliphatic carbocycles. The Morgan fingerprint density at radius 2 is 1.64 bits per heavy atom. The van der Waals surface area contributed by atoms with Crippen molar-refractivity contribution in [1.82, 2.24) is 0 Å². The van der Waals surface area contributed by atoms with E-state index in [2.05, 4.69) is 5.32 Å². The van der Waals surface area contributed by atoms with Crippen LogP contribution in [0, 0.1) is 17.0 Å². The van der Waals surface area contributed by atoms with Gasteiger partial charge >= 0.3 is 11.9 Å². The lowest BCUT2D eigenvalue weighted by Crippen LogP contribution is -2.26. The molecule has 0 saturated carbocycles. The van der Waals surface area contributed by atoms with Gasteiger partial charge in [0.2, 0.25) is 6.10 Å². The third kappa shape index (κ3) is 6.23. The standard InChI is InChI=1S/C26H24N2O8/c1-4-35-25(30)18-13-19(15-20(14-18)28(32)33)26(31)36-23(17-8-6-5-7-9-17)24(29)27-21-12-16(2)10-11-22(21)34-3/h5-15,23H,4H2,1-3H3,(H,27,29). The lowest BCUT2D eigenvalue weighted by Gasteiger charge is -2.19. The number of hydrogen-bond acceptors (Lipinski definition) is 8. The normalized spacial score (nSPS) is 11.2. The number of nitro benzene ring substituents is 1. The first kappa shape index (κ1) is 25.9. The van der Waals surface area contributed by atoms with Gasteiger partial charge in [0.25, 0.3) is 11.6 Å². The Bertz CT molecular complexity index is 1290. The summed E-state index contributed by atoms with van der Waals surface area (Å²) in [5, 5.41) is 14.1. The largest absolute Gasteiger partial charge is 0.495 e. The number of nitrogens with zero attached hydrogens (tertiary/aromatic N) is 1. The topological polar surface area (TPSA) is 134 Å². The molecular weight excluding hydrogens is 468 g/mol. The summed E-state index contributed by atoms with van der Waals surface area (Å²) in [6, 6.07) is 16.6. The molecule has 0 radical (unpaired) electrons. The Balaban J connectivity index is 1.96. The number of amides is 1. The number of hydrogen-bond donors (Lipinski definition) is 1. The van der Waals surface area contributed by atoms with Gasteiger partial charge in [-0.15, -0.1) is 0 Å². The molecular formula is C26H24N2O8. The highest BCUT2D eigenvalue weighted by molar-refractivity contribution is 6.00. The molecule has 0 aromatic heterocycles. The van der Waals surface area contributed by atoms with Gasteiger partial charge in [-0.1, -0.05) is 36.4 Å². The number of esters is 2. The molecule has 0 aliphatic heterocycles. The smallest absolute Gasteiger partial charge is 0.339 e. The van der Waals surface area contributed by atoms with Crippen LogP contribution in [0.5, 0.6) is 5.75 Å². The highest BCUT2D eigenvalue weighted by atomic mass is 16.6. The van der Waals surface area contributed by atoms with Crippen LogP contribution in [0.15, 0.2) is 66.7 Å². The average molecular weight is 492 g/mol. The van der Waals surface area contributed by atoms with E-state index in [0.29, 0.717) is 17.0 Å². The second-order valence-electron chi connectivity index (χ2n) is 7.64. The predicted octanol–water partition coefficient (Wildman–Crippen LogP) is 4.63. The minimum absolute atomic E-state index is 0.0416. The van der Waals surface area contributed by atoms with Crippen molar-refractivity contribution in [2.75, 3.05) is 19.0 Å². The number of benzene rings is 3. The maximum Gasteiger partial charge on any atom is 0.339 e. The van der Waals surface area contributed by atoms with Crippen LogP contribution in [0.2, 0.25) is 0 Å².